The predicted molar refractivity (Wildman–Crippen MR) is 97.0 cm³/mol. The summed E-state index contributed by atoms with van der Waals surface area (Å²) in [7, 11) is 1.68. The van der Waals surface area contributed by atoms with Crippen LogP contribution in [-0.4, -0.2) is 19.3 Å². The molecule has 1 heterocycles. The number of methoxy groups -OCH3 is 1. The van der Waals surface area contributed by atoms with Crippen molar-refractivity contribution in [2.75, 3.05) is 7.11 Å². The van der Waals surface area contributed by atoms with Crippen LogP contribution in [0.15, 0.2) is 24.3 Å². The zero-order valence-corrected chi connectivity index (χ0v) is 15.5. The van der Waals surface area contributed by atoms with E-state index in [-0.39, 0.29) is 0 Å². The Morgan fingerprint density at radius 2 is 1.91 bits per heavy atom. The van der Waals surface area contributed by atoms with Crippen molar-refractivity contribution in [2.24, 2.45) is 17.8 Å². The van der Waals surface area contributed by atoms with Gasteiger partial charge >= 0.3 is 0 Å². The lowest BCUT2D eigenvalue weighted by atomic mass is 9.71. The van der Waals surface area contributed by atoms with Gasteiger partial charge in [0.05, 0.1) is 19.3 Å². The number of rotatable bonds is 2. The molecule has 0 spiro atoms. The molecular formula is C21H34O2. The van der Waals surface area contributed by atoms with Crippen molar-refractivity contribution >= 4 is 0 Å². The summed E-state index contributed by atoms with van der Waals surface area (Å²) in [4.78, 5) is 0. The molecule has 0 bridgehead atoms. The molecule has 1 saturated heterocycles. The Kier molecular flexibility index (Phi) is 6.95. The average Bonchev–Trinajstić information content (AvgIpc) is 2.54. The highest BCUT2D eigenvalue weighted by molar-refractivity contribution is 5.27. The first-order valence-electron chi connectivity index (χ1n) is 9.27. The summed E-state index contributed by atoms with van der Waals surface area (Å²) >= 11 is 0. The first-order chi connectivity index (χ1) is 11.0. The van der Waals surface area contributed by atoms with Gasteiger partial charge in [-0.25, -0.2) is 0 Å². The third-order valence-electron chi connectivity index (χ3n) is 5.41. The van der Waals surface area contributed by atoms with Crippen molar-refractivity contribution in [3.8, 4) is 5.75 Å². The van der Waals surface area contributed by atoms with Crippen molar-refractivity contribution in [1.82, 2.24) is 0 Å². The lowest BCUT2D eigenvalue weighted by molar-refractivity contribution is -0.127. The fraction of sp³-hybridized carbons (Fsp3) is 0.714. The van der Waals surface area contributed by atoms with E-state index in [1.54, 1.807) is 7.11 Å². The van der Waals surface area contributed by atoms with Gasteiger partial charge in [0.2, 0.25) is 0 Å². The van der Waals surface area contributed by atoms with Crippen LogP contribution in [-0.2, 0) is 4.74 Å². The number of fused-ring (bicyclic) bond motifs is 1. The number of aryl methyl sites for hydroxylation is 1. The maximum atomic E-state index is 6.16. The molecule has 0 amide bonds. The highest BCUT2D eigenvalue weighted by atomic mass is 16.5. The second kappa shape index (κ2) is 8.73. The molecule has 1 aliphatic carbocycles. The molecule has 1 aromatic carbocycles. The standard InChI is InChI=1S/C13H24O.C8H10O/c1-9(2)12-6-4-5-11-8-7-10(3)14-13(11)12;1-7-4-3-5-8(6-7)9-2/h9-13H,4-8H2,1-3H3;3-6H,1-2H3. The Labute approximate surface area is 142 Å². The molecule has 1 saturated carbocycles. The van der Waals surface area contributed by atoms with E-state index in [4.69, 9.17) is 9.47 Å². The second-order valence-corrected chi connectivity index (χ2v) is 7.61. The molecule has 0 N–H and O–H groups in total. The number of hydrogen-bond acceptors (Lipinski definition) is 2. The molecule has 0 aromatic heterocycles. The fourth-order valence-electron chi connectivity index (χ4n) is 4.05. The summed E-state index contributed by atoms with van der Waals surface area (Å²) in [5.41, 5.74) is 1.23. The number of ether oxygens (including phenoxy) is 2. The van der Waals surface area contributed by atoms with Crippen molar-refractivity contribution < 1.29 is 9.47 Å². The normalized spacial score (nSPS) is 30.2. The van der Waals surface area contributed by atoms with E-state index in [1.807, 2.05) is 31.2 Å². The Bertz CT molecular complexity index is 469. The SMILES string of the molecule is CC1CCC2CCCC(C(C)C)C2O1.COc1cccc(C)c1. The first-order valence-corrected chi connectivity index (χ1v) is 9.27. The van der Waals surface area contributed by atoms with Gasteiger partial charge in [0.1, 0.15) is 5.75 Å². The quantitative estimate of drug-likeness (QED) is 0.703. The minimum atomic E-state index is 0.510. The van der Waals surface area contributed by atoms with Gasteiger partial charge in [-0.15, -0.1) is 0 Å². The molecule has 3 rings (SSSR count). The highest BCUT2D eigenvalue weighted by Crippen LogP contribution is 2.41. The molecule has 23 heavy (non-hydrogen) atoms. The van der Waals surface area contributed by atoms with Crippen LogP contribution in [0, 0.1) is 24.7 Å². The number of hydrogen-bond donors (Lipinski definition) is 0. The van der Waals surface area contributed by atoms with Crippen molar-refractivity contribution in [3.63, 3.8) is 0 Å². The number of benzene rings is 1. The van der Waals surface area contributed by atoms with Gasteiger partial charge in [0.15, 0.2) is 0 Å². The van der Waals surface area contributed by atoms with E-state index in [0.29, 0.717) is 12.2 Å². The molecule has 2 fully saturated rings. The van der Waals surface area contributed by atoms with Crippen LogP contribution in [0.5, 0.6) is 5.75 Å². The second-order valence-electron chi connectivity index (χ2n) is 7.61. The summed E-state index contributed by atoms with van der Waals surface area (Å²) in [5, 5.41) is 0. The van der Waals surface area contributed by atoms with Crippen LogP contribution in [0.3, 0.4) is 0 Å². The Morgan fingerprint density at radius 3 is 2.52 bits per heavy atom. The summed E-state index contributed by atoms with van der Waals surface area (Å²) in [6.45, 7) is 9.00. The summed E-state index contributed by atoms with van der Waals surface area (Å²) in [6.07, 6.45) is 8.04. The smallest absolute Gasteiger partial charge is 0.119 e. The van der Waals surface area contributed by atoms with Gasteiger partial charge in [0.25, 0.3) is 0 Å². The van der Waals surface area contributed by atoms with Gasteiger partial charge in [-0.05, 0) is 75.0 Å². The van der Waals surface area contributed by atoms with E-state index >= 15 is 0 Å². The lowest BCUT2D eigenvalue weighted by Gasteiger charge is -2.45. The van der Waals surface area contributed by atoms with Gasteiger partial charge in [-0.2, -0.15) is 0 Å². The highest BCUT2D eigenvalue weighted by Gasteiger charge is 2.38. The third kappa shape index (κ3) is 5.24. The maximum absolute atomic E-state index is 6.16. The Hall–Kier alpha value is -1.02. The lowest BCUT2D eigenvalue weighted by Crippen LogP contribution is -2.43. The van der Waals surface area contributed by atoms with Crippen LogP contribution in [0.2, 0.25) is 0 Å². The predicted octanol–water partition coefficient (Wildman–Crippen LogP) is 5.63. The van der Waals surface area contributed by atoms with Gasteiger partial charge < -0.3 is 9.47 Å². The minimum Gasteiger partial charge on any atom is -0.497 e. The maximum Gasteiger partial charge on any atom is 0.119 e. The molecule has 1 aliphatic heterocycles. The largest absolute Gasteiger partial charge is 0.497 e. The molecule has 4 unspecified atom stereocenters. The summed E-state index contributed by atoms with van der Waals surface area (Å²) in [6, 6.07) is 7.96. The van der Waals surface area contributed by atoms with Crippen LogP contribution in [0.4, 0.5) is 0 Å². The van der Waals surface area contributed by atoms with Gasteiger partial charge in [0, 0.05) is 0 Å². The van der Waals surface area contributed by atoms with E-state index in [2.05, 4.69) is 20.8 Å². The fourth-order valence-corrected chi connectivity index (χ4v) is 4.05. The van der Waals surface area contributed by atoms with Crippen molar-refractivity contribution in [3.05, 3.63) is 29.8 Å². The van der Waals surface area contributed by atoms with Crippen LogP contribution in [0.1, 0.15) is 58.4 Å². The van der Waals surface area contributed by atoms with Crippen LogP contribution in [0.25, 0.3) is 0 Å². The monoisotopic (exact) mass is 318 g/mol. The van der Waals surface area contributed by atoms with E-state index in [9.17, 15) is 0 Å². The molecule has 2 aliphatic rings. The molecule has 130 valence electrons. The van der Waals surface area contributed by atoms with E-state index in [1.165, 1.54) is 37.7 Å². The topological polar surface area (TPSA) is 18.5 Å². The minimum absolute atomic E-state index is 0.510. The molecule has 2 nitrogen and oxygen atoms in total. The van der Waals surface area contributed by atoms with Crippen molar-refractivity contribution in [1.29, 1.82) is 0 Å². The Balaban J connectivity index is 0.000000185. The zero-order valence-electron chi connectivity index (χ0n) is 15.5. The van der Waals surface area contributed by atoms with Gasteiger partial charge in [-0.3, -0.25) is 0 Å². The molecule has 0 radical (unpaired) electrons. The van der Waals surface area contributed by atoms with Gasteiger partial charge in [-0.1, -0.05) is 32.4 Å². The third-order valence-corrected chi connectivity index (χ3v) is 5.41. The molecular weight excluding hydrogens is 284 g/mol. The summed E-state index contributed by atoms with van der Waals surface area (Å²) < 4.78 is 11.2. The first kappa shape index (κ1) is 18.3. The molecule has 2 heteroatoms. The molecule has 1 aromatic rings. The van der Waals surface area contributed by atoms with Crippen LogP contribution < -0.4 is 4.74 Å². The van der Waals surface area contributed by atoms with E-state index < -0.39 is 0 Å². The van der Waals surface area contributed by atoms with E-state index in [0.717, 1.165) is 23.5 Å². The average molecular weight is 319 g/mol. The van der Waals surface area contributed by atoms with Crippen LogP contribution >= 0.6 is 0 Å². The zero-order chi connectivity index (χ0) is 16.8. The molecule has 4 atom stereocenters. The summed E-state index contributed by atoms with van der Waals surface area (Å²) in [5.74, 6) is 3.44. The Morgan fingerprint density at radius 1 is 1.13 bits per heavy atom. The van der Waals surface area contributed by atoms with Crippen molar-refractivity contribution in [2.45, 2.75) is 72.0 Å².